The largest absolute Gasteiger partial charge is 0.322 e. The Morgan fingerprint density at radius 2 is 1.82 bits per heavy atom. The topological polar surface area (TPSA) is 37.3 Å². The number of rotatable bonds is 3. The van der Waals surface area contributed by atoms with Gasteiger partial charge >= 0.3 is 6.03 Å². The van der Waals surface area contributed by atoms with Crippen molar-refractivity contribution in [2.24, 2.45) is 0 Å². The van der Waals surface area contributed by atoms with E-state index in [2.05, 4.69) is 46.3 Å². The molecule has 0 radical (unpaired) electrons. The van der Waals surface area contributed by atoms with Crippen LogP contribution in [0.15, 0.2) is 90.0 Å². The third kappa shape index (κ3) is 4.02. The lowest BCUT2D eigenvalue weighted by Gasteiger charge is -2.31. The molecule has 0 aliphatic carbocycles. The van der Waals surface area contributed by atoms with Crippen LogP contribution in [0.25, 0.3) is 5.69 Å². The maximum atomic E-state index is 14.1. The fourth-order valence-electron chi connectivity index (χ4n) is 4.34. The highest BCUT2D eigenvalue weighted by atomic mass is 32.2. The summed E-state index contributed by atoms with van der Waals surface area (Å²) in [5.41, 5.74) is 5.10. The Balaban J connectivity index is 1.61. The summed E-state index contributed by atoms with van der Waals surface area (Å²) in [5.74, 6) is -0.341. The molecule has 2 heterocycles. The number of benzene rings is 3. The number of thioether (sulfide) groups is 1. The Kier molecular flexibility index (Phi) is 5.68. The van der Waals surface area contributed by atoms with Gasteiger partial charge in [-0.2, -0.15) is 0 Å². The summed E-state index contributed by atoms with van der Waals surface area (Å²) in [5, 5.41) is 2.92. The molecule has 166 valence electrons. The molecule has 0 saturated heterocycles. The van der Waals surface area contributed by atoms with Crippen LogP contribution in [0.4, 0.5) is 14.9 Å². The lowest BCUT2D eigenvalue weighted by molar-refractivity contribution is 0.194. The summed E-state index contributed by atoms with van der Waals surface area (Å²) >= 11 is 1.68. The fourth-order valence-corrected chi connectivity index (χ4v) is 4.75. The van der Waals surface area contributed by atoms with Crippen LogP contribution in [0.1, 0.15) is 28.4 Å². The van der Waals surface area contributed by atoms with Crippen molar-refractivity contribution in [2.75, 3.05) is 11.6 Å². The number of carbonyl (C=O) groups is 1. The van der Waals surface area contributed by atoms with Crippen molar-refractivity contribution in [2.45, 2.75) is 24.4 Å². The van der Waals surface area contributed by atoms with Crippen LogP contribution in [-0.4, -0.2) is 21.8 Å². The third-order valence-electron chi connectivity index (χ3n) is 6.08. The average molecular weight is 458 g/mol. The van der Waals surface area contributed by atoms with Crippen LogP contribution in [0.2, 0.25) is 0 Å². The highest BCUT2D eigenvalue weighted by Crippen LogP contribution is 2.37. The van der Waals surface area contributed by atoms with Crippen LogP contribution in [-0.2, 0) is 6.54 Å². The van der Waals surface area contributed by atoms with Gasteiger partial charge in [0.2, 0.25) is 0 Å². The van der Waals surface area contributed by atoms with Crippen molar-refractivity contribution in [1.82, 2.24) is 9.47 Å². The van der Waals surface area contributed by atoms with E-state index in [1.54, 1.807) is 30.8 Å². The second-order valence-electron chi connectivity index (χ2n) is 8.13. The Bertz CT molecular complexity index is 1320. The minimum absolute atomic E-state index is 0.276. The van der Waals surface area contributed by atoms with Gasteiger partial charge in [-0.15, -0.1) is 11.8 Å². The minimum atomic E-state index is -0.341. The molecule has 1 aliphatic rings. The highest BCUT2D eigenvalue weighted by molar-refractivity contribution is 7.98. The summed E-state index contributed by atoms with van der Waals surface area (Å²) in [6.07, 6.45) is 4.08. The molecule has 1 aliphatic heterocycles. The molecule has 0 spiro atoms. The fraction of sp³-hybridized carbons (Fsp3) is 0.148. The summed E-state index contributed by atoms with van der Waals surface area (Å²) < 4.78 is 16.3. The van der Waals surface area contributed by atoms with Gasteiger partial charge in [-0.1, -0.05) is 36.4 Å². The monoisotopic (exact) mass is 457 g/mol. The molecule has 1 aromatic heterocycles. The van der Waals surface area contributed by atoms with Crippen molar-refractivity contribution in [1.29, 1.82) is 0 Å². The van der Waals surface area contributed by atoms with Gasteiger partial charge in [0.1, 0.15) is 5.82 Å². The first-order valence-corrected chi connectivity index (χ1v) is 12.0. The Morgan fingerprint density at radius 3 is 2.58 bits per heavy atom. The number of urea groups is 1. The zero-order chi connectivity index (χ0) is 22.9. The van der Waals surface area contributed by atoms with Gasteiger partial charge in [0.15, 0.2) is 0 Å². The minimum Gasteiger partial charge on any atom is -0.318 e. The van der Waals surface area contributed by atoms with Crippen molar-refractivity contribution in [3.05, 3.63) is 113 Å². The lowest BCUT2D eigenvalue weighted by atomic mass is 10.0. The summed E-state index contributed by atoms with van der Waals surface area (Å²) in [7, 11) is 0. The number of aromatic nitrogens is 1. The number of aryl methyl sites for hydroxylation is 1. The quantitative estimate of drug-likeness (QED) is 0.344. The molecule has 0 saturated carbocycles. The van der Waals surface area contributed by atoms with E-state index in [1.165, 1.54) is 6.07 Å². The van der Waals surface area contributed by atoms with E-state index in [-0.39, 0.29) is 17.9 Å². The van der Waals surface area contributed by atoms with E-state index in [1.807, 2.05) is 41.6 Å². The molecule has 1 atom stereocenters. The molecule has 0 unspecified atom stereocenters. The first-order chi connectivity index (χ1) is 16.0. The lowest BCUT2D eigenvalue weighted by Crippen LogP contribution is -2.37. The van der Waals surface area contributed by atoms with Gasteiger partial charge < -0.3 is 14.8 Å². The van der Waals surface area contributed by atoms with Gasteiger partial charge in [0.25, 0.3) is 0 Å². The van der Waals surface area contributed by atoms with Crippen molar-refractivity contribution >= 4 is 23.5 Å². The van der Waals surface area contributed by atoms with Crippen LogP contribution in [0, 0.1) is 12.7 Å². The molecular formula is C27H24FN3OS. The van der Waals surface area contributed by atoms with E-state index in [9.17, 15) is 9.18 Å². The van der Waals surface area contributed by atoms with Gasteiger partial charge in [-0.25, -0.2) is 9.18 Å². The second kappa shape index (κ2) is 8.79. The zero-order valence-electron chi connectivity index (χ0n) is 18.5. The summed E-state index contributed by atoms with van der Waals surface area (Å²) in [4.78, 5) is 16.6. The maximum absolute atomic E-state index is 14.1. The van der Waals surface area contributed by atoms with Gasteiger partial charge in [-0.3, -0.25) is 0 Å². The third-order valence-corrected chi connectivity index (χ3v) is 6.82. The number of amides is 2. The predicted octanol–water partition coefficient (Wildman–Crippen LogP) is 6.78. The van der Waals surface area contributed by atoms with Crippen molar-refractivity contribution in [3.63, 3.8) is 0 Å². The van der Waals surface area contributed by atoms with Crippen LogP contribution < -0.4 is 5.32 Å². The normalized spacial score (nSPS) is 14.9. The zero-order valence-corrected chi connectivity index (χ0v) is 19.3. The number of hydrogen-bond acceptors (Lipinski definition) is 2. The molecule has 33 heavy (non-hydrogen) atoms. The molecule has 3 aromatic carbocycles. The first-order valence-electron chi connectivity index (χ1n) is 10.8. The van der Waals surface area contributed by atoms with Crippen LogP contribution in [0.3, 0.4) is 0 Å². The van der Waals surface area contributed by atoms with Crippen LogP contribution in [0.5, 0.6) is 0 Å². The Labute approximate surface area is 197 Å². The number of anilines is 1. The number of carbonyl (C=O) groups excluding carboxylic acids is 1. The molecular weight excluding hydrogens is 433 g/mol. The Hall–Kier alpha value is -3.51. The number of fused-ring (bicyclic) bond motifs is 3. The molecule has 4 aromatic rings. The van der Waals surface area contributed by atoms with E-state index >= 15 is 0 Å². The predicted molar refractivity (Wildman–Crippen MR) is 132 cm³/mol. The number of nitrogens with zero attached hydrogens (tertiary/aromatic N) is 2. The highest BCUT2D eigenvalue weighted by Gasteiger charge is 2.33. The summed E-state index contributed by atoms with van der Waals surface area (Å²) in [6, 6.07) is 24.7. The van der Waals surface area contributed by atoms with Gasteiger partial charge in [-0.05, 0) is 72.3 Å². The standard InChI is InChI=1S/C27H24FN3OS/c1-18-9-12-21(16-23(18)28)29-27(32)31-17-20-6-3-4-7-24(20)30-15-5-8-25(30)26(31)19-10-13-22(33-2)14-11-19/h3-16,26H,17H2,1-2H3,(H,29,32)/t26-/m1/s1. The SMILES string of the molecule is CSc1ccc([C@@H]2c3cccn3-c3ccccc3CN2C(=O)Nc2ccc(C)c(F)c2)cc1. The van der Waals surface area contributed by atoms with Gasteiger partial charge in [0.05, 0.1) is 18.3 Å². The van der Waals surface area contributed by atoms with E-state index < -0.39 is 0 Å². The number of halogens is 1. The maximum Gasteiger partial charge on any atom is 0.322 e. The van der Waals surface area contributed by atoms with Crippen molar-refractivity contribution in [3.8, 4) is 5.69 Å². The van der Waals surface area contributed by atoms with E-state index in [4.69, 9.17) is 0 Å². The molecule has 6 heteroatoms. The molecule has 1 N–H and O–H groups in total. The molecule has 0 fully saturated rings. The number of nitrogens with one attached hydrogen (secondary N) is 1. The second-order valence-corrected chi connectivity index (χ2v) is 9.01. The van der Waals surface area contributed by atoms with E-state index in [0.29, 0.717) is 17.8 Å². The molecule has 0 bridgehead atoms. The van der Waals surface area contributed by atoms with Crippen molar-refractivity contribution < 1.29 is 9.18 Å². The molecule has 2 amide bonds. The first kappa shape index (κ1) is 21.3. The average Bonchev–Trinajstić information content (AvgIpc) is 3.26. The van der Waals surface area contributed by atoms with Crippen LogP contribution >= 0.6 is 11.8 Å². The van der Waals surface area contributed by atoms with Gasteiger partial charge in [0, 0.05) is 22.5 Å². The molecule has 4 nitrogen and oxygen atoms in total. The van der Waals surface area contributed by atoms with E-state index in [0.717, 1.165) is 27.4 Å². The Morgan fingerprint density at radius 1 is 1.03 bits per heavy atom. The number of hydrogen-bond donors (Lipinski definition) is 1. The molecule has 5 rings (SSSR count). The number of para-hydroxylation sites is 1. The smallest absolute Gasteiger partial charge is 0.318 e. The summed E-state index contributed by atoms with van der Waals surface area (Å²) in [6.45, 7) is 2.13.